The number of fused-ring (bicyclic) bond motifs is 4. The van der Waals surface area contributed by atoms with Gasteiger partial charge in [0.1, 0.15) is 11.2 Å². The van der Waals surface area contributed by atoms with Gasteiger partial charge in [0.2, 0.25) is 0 Å². The van der Waals surface area contributed by atoms with E-state index in [0.717, 1.165) is 55.5 Å². The normalized spacial score (nSPS) is 11.0. The Kier molecular flexibility index (Phi) is 13.3. The molecule has 0 fully saturated rings. The van der Waals surface area contributed by atoms with Crippen LogP contribution in [-0.2, 0) is 20.1 Å². The largest absolute Gasteiger partial charge is 0.455 e. The molecule has 0 spiro atoms. The third-order valence-corrected chi connectivity index (χ3v) is 12.8. The molecule has 4 nitrogen and oxygen atoms in total. The van der Waals surface area contributed by atoms with Crippen LogP contribution in [0.25, 0.3) is 77.6 Å². The second-order valence-corrected chi connectivity index (χ2v) is 21.4. The molecule has 0 aliphatic rings. The van der Waals surface area contributed by atoms with Gasteiger partial charge < -0.3 is 4.42 Å². The summed E-state index contributed by atoms with van der Waals surface area (Å²) in [5.41, 5.74) is 14.5. The maximum absolute atomic E-state index is 6.48. The number of rotatable bonds is 5. The Balaban J connectivity index is 0.000000161. The Morgan fingerprint density at radius 3 is 1.70 bits per heavy atom. The van der Waals surface area contributed by atoms with Gasteiger partial charge in [0.15, 0.2) is 0 Å². The van der Waals surface area contributed by atoms with Gasteiger partial charge in [0.05, 0.1) is 25.2 Å². The molecular weight excluding hydrogens is 939 g/mol. The van der Waals surface area contributed by atoms with Gasteiger partial charge in [-0.15, -0.1) is 0 Å². The summed E-state index contributed by atoms with van der Waals surface area (Å²) in [5.74, 6) is 0. The summed E-state index contributed by atoms with van der Waals surface area (Å²) < 4.78 is 6.48. The van der Waals surface area contributed by atoms with Gasteiger partial charge in [0.25, 0.3) is 0 Å². The van der Waals surface area contributed by atoms with Crippen LogP contribution in [0.1, 0.15) is 16.7 Å². The Bertz CT molecular complexity index is 2970. The van der Waals surface area contributed by atoms with E-state index in [4.69, 9.17) is 9.40 Å². The average molecular weight is 988 g/mol. The molecule has 6 heteroatoms. The van der Waals surface area contributed by atoms with Crippen LogP contribution >= 0.6 is 0 Å². The Labute approximate surface area is 373 Å². The SMILES string of the molecule is C[Si](C)(C)c1ccc(-c2ccccc2)nc1.Cc1cc(C)c(-c2ccc3c(c2)oc2c(-c4cc5ccccc5cn4)cccc23)c(C)c1.[Ir].c1ccc(-c2ccccn2)cc1. The zero-order valence-electron chi connectivity index (χ0n) is 35.5. The third kappa shape index (κ3) is 9.85. The summed E-state index contributed by atoms with van der Waals surface area (Å²) in [5, 5.41) is 5.98. The molecule has 10 rings (SSSR count). The molecule has 10 aromatic rings. The van der Waals surface area contributed by atoms with Crippen molar-refractivity contribution in [3.05, 3.63) is 205 Å². The minimum atomic E-state index is -1.22. The number of aryl methyl sites for hydroxylation is 3. The number of aromatic nitrogens is 3. The maximum atomic E-state index is 6.48. The van der Waals surface area contributed by atoms with Crippen molar-refractivity contribution in [2.24, 2.45) is 0 Å². The zero-order valence-corrected chi connectivity index (χ0v) is 38.9. The molecule has 0 aliphatic heterocycles. The fraction of sp³-hybridized carbons (Fsp3) is 0.109. The Morgan fingerprint density at radius 2 is 1.08 bits per heavy atom. The molecule has 303 valence electrons. The predicted molar refractivity (Wildman–Crippen MR) is 256 cm³/mol. The van der Waals surface area contributed by atoms with Gasteiger partial charge in [-0.3, -0.25) is 15.0 Å². The van der Waals surface area contributed by atoms with Crippen molar-refractivity contribution < 1.29 is 24.5 Å². The van der Waals surface area contributed by atoms with E-state index in [1.807, 2.05) is 79.3 Å². The molecule has 0 aliphatic carbocycles. The summed E-state index contributed by atoms with van der Waals surface area (Å²) >= 11 is 0. The van der Waals surface area contributed by atoms with Crippen LogP contribution in [0, 0.1) is 20.8 Å². The molecule has 0 bridgehead atoms. The topological polar surface area (TPSA) is 51.8 Å². The fourth-order valence-electron chi connectivity index (χ4n) is 7.78. The minimum Gasteiger partial charge on any atom is -0.455 e. The van der Waals surface area contributed by atoms with E-state index >= 15 is 0 Å². The van der Waals surface area contributed by atoms with Crippen LogP contribution in [0.4, 0.5) is 0 Å². The Hall–Kier alpha value is -6.30. The molecule has 0 saturated heterocycles. The van der Waals surface area contributed by atoms with Crippen molar-refractivity contribution >= 4 is 46.0 Å². The quantitative estimate of drug-likeness (QED) is 0.161. The van der Waals surface area contributed by atoms with Crippen molar-refractivity contribution in [1.29, 1.82) is 0 Å². The van der Waals surface area contributed by atoms with Crippen LogP contribution in [0.5, 0.6) is 0 Å². The van der Waals surface area contributed by atoms with Gasteiger partial charge in [-0.2, -0.15) is 0 Å². The van der Waals surface area contributed by atoms with Crippen LogP contribution < -0.4 is 5.19 Å². The van der Waals surface area contributed by atoms with E-state index in [9.17, 15) is 0 Å². The molecule has 0 amide bonds. The van der Waals surface area contributed by atoms with Crippen molar-refractivity contribution in [1.82, 2.24) is 15.0 Å². The number of para-hydroxylation sites is 1. The van der Waals surface area contributed by atoms with Crippen LogP contribution in [0.15, 0.2) is 193 Å². The van der Waals surface area contributed by atoms with E-state index in [1.165, 1.54) is 44.0 Å². The first kappa shape index (κ1) is 42.8. The van der Waals surface area contributed by atoms with Crippen LogP contribution in [-0.4, -0.2) is 23.0 Å². The van der Waals surface area contributed by atoms with Crippen LogP contribution in [0.3, 0.4) is 0 Å². The molecule has 0 saturated carbocycles. The summed E-state index contributed by atoms with van der Waals surface area (Å²) in [4.78, 5) is 13.5. The number of benzene rings is 6. The van der Waals surface area contributed by atoms with Crippen molar-refractivity contribution in [2.45, 2.75) is 40.4 Å². The van der Waals surface area contributed by atoms with Gasteiger partial charge in [-0.1, -0.05) is 153 Å². The second-order valence-electron chi connectivity index (χ2n) is 16.3. The predicted octanol–water partition coefficient (Wildman–Crippen LogP) is 14.4. The molecule has 0 atom stereocenters. The average Bonchev–Trinajstić information content (AvgIpc) is 3.65. The molecule has 6 aromatic carbocycles. The van der Waals surface area contributed by atoms with Gasteiger partial charge in [-0.05, 0) is 96.1 Å². The minimum absolute atomic E-state index is 0. The fourth-order valence-corrected chi connectivity index (χ4v) is 8.82. The number of pyridine rings is 3. The van der Waals surface area contributed by atoms with Gasteiger partial charge >= 0.3 is 0 Å². The molecule has 61 heavy (non-hydrogen) atoms. The van der Waals surface area contributed by atoms with Crippen LogP contribution in [0.2, 0.25) is 19.6 Å². The first-order chi connectivity index (χ1) is 29.1. The van der Waals surface area contributed by atoms with E-state index < -0.39 is 8.07 Å². The number of nitrogens with zero attached hydrogens (tertiary/aromatic N) is 3. The monoisotopic (exact) mass is 988 g/mol. The second kappa shape index (κ2) is 19.0. The van der Waals surface area contributed by atoms with Crippen molar-refractivity contribution in [2.75, 3.05) is 0 Å². The smallest absolute Gasteiger partial charge is 0.144 e. The van der Waals surface area contributed by atoms with Crippen molar-refractivity contribution in [3.8, 4) is 44.9 Å². The molecule has 1 radical (unpaired) electrons. The van der Waals surface area contributed by atoms with E-state index in [0.29, 0.717) is 0 Å². The third-order valence-electron chi connectivity index (χ3n) is 10.8. The van der Waals surface area contributed by atoms with E-state index in [-0.39, 0.29) is 20.1 Å². The molecule has 4 aromatic heterocycles. The Morgan fingerprint density at radius 1 is 0.459 bits per heavy atom. The van der Waals surface area contributed by atoms with Gasteiger partial charge in [0, 0.05) is 71.5 Å². The van der Waals surface area contributed by atoms with Gasteiger partial charge in [-0.25, -0.2) is 0 Å². The van der Waals surface area contributed by atoms with E-state index in [1.54, 1.807) is 0 Å². The standard InChI is InChI=1S/C30H23NO.C14H17NSi.C11H9N.Ir/c1-18-13-19(2)29(20(3)14-18)22-11-12-24-25-9-6-10-26(30(25)32-28(24)16-22)27-15-21-7-4-5-8-23(21)17-31-27;1-16(2,3)13-9-10-14(15-11-13)12-7-5-4-6-8-12;1-2-6-10(7-3-1)11-8-4-5-9-12-11;/h4-17H,1-3H3;4-11H,1-3H3;1-9H;. The molecule has 0 unspecified atom stereocenters. The summed E-state index contributed by atoms with van der Waals surface area (Å²) in [6.45, 7) is 13.5. The number of hydrogen-bond donors (Lipinski definition) is 0. The first-order valence-corrected chi connectivity index (χ1v) is 24.0. The summed E-state index contributed by atoms with van der Waals surface area (Å²) in [6, 6.07) is 58.6. The zero-order chi connectivity index (χ0) is 41.6. The molecule has 4 heterocycles. The van der Waals surface area contributed by atoms with Crippen molar-refractivity contribution in [3.63, 3.8) is 0 Å². The maximum Gasteiger partial charge on any atom is 0.144 e. The summed E-state index contributed by atoms with van der Waals surface area (Å²) in [7, 11) is -1.22. The number of hydrogen-bond acceptors (Lipinski definition) is 4. The van der Waals surface area contributed by atoms with E-state index in [2.05, 4.69) is 160 Å². The molecule has 0 N–H and O–H groups in total. The summed E-state index contributed by atoms with van der Waals surface area (Å²) in [6.07, 6.45) is 5.78. The molecular formula is C55H49IrN3OSi. The number of furan rings is 1. The first-order valence-electron chi connectivity index (χ1n) is 20.5.